The number of hydrogen-bond donors (Lipinski definition) is 0. The van der Waals surface area contributed by atoms with Crippen LogP contribution >= 0.6 is 0 Å². The number of carbonyl (C=O) groups excluding carboxylic acids is 1. The smallest absolute Gasteiger partial charge is 0.242 e. The van der Waals surface area contributed by atoms with Crippen LogP contribution in [-0.4, -0.2) is 32.1 Å². The molecule has 0 amide bonds. The first-order valence-electron chi connectivity index (χ1n) is 7.12. The molecule has 0 N–H and O–H groups in total. The van der Waals surface area contributed by atoms with Crippen molar-refractivity contribution in [1.29, 1.82) is 0 Å². The van der Waals surface area contributed by atoms with Gasteiger partial charge in [-0.3, -0.25) is 4.79 Å². The number of ketones is 1. The lowest BCUT2D eigenvalue weighted by Crippen LogP contribution is -2.28. The van der Waals surface area contributed by atoms with Gasteiger partial charge in [-0.2, -0.15) is 0 Å². The maximum absolute atomic E-state index is 12.4. The highest BCUT2D eigenvalue weighted by Crippen LogP contribution is 2.20. The van der Waals surface area contributed by atoms with Gasteiger partial charge in [-0.05, 0) is 31.9 Å². The zero-order valence-corrected chi connectivity index (χ0v) is 13.3. The molecule has 0 aromatic heterocycles. The number of hydrogen-bond acceptors (Lipinski definition) is 3. The number of allylic oxidation sites excluding steroid dienone is 1. The summed E-state index contributed by atoms with van der Waals surface area (Å²) in [5.74, 6) is 0.263. The summed E-state index contributed by atoms with van der Waals surface area (Å²) in [5, 5.41) is 0. The third-order valence-corrected chi connectivity index (χ3v) is 5.69. The SMILES string of the molecule is Cc1ccc(S(=O)(=O)N(C)CCC2=CCC(=O)CC2)cc1. The lowest BCUT2D eigenvalue weighted by molar-refractivity contribution is -0.118. The molecular formula is C16H21NO3S. The van der Waals surface area contributed by atoms with Crippen molar-refractivity contribution in [1.82, 2.24) is 4.31 Å². The van der Waals surface area contributed by atoms with Crippen LogP contribution in [-0.2, 0) is 14.8 Å². The minimum absolute atomic E-state index is 0.263. The van der Waals surface area contributed by atoms with Crippen LogP contribution < -0.4 is 0 Å². The lowest BCUT2D eigenvalue weighted by atomic mass is 9.96. The van der Waals surface area contributed by atoms with E-state index in [-0.39, 0.29) is 5.78 Å². The largest absolute Gasteiger partial charge is 0.299 e. The van der Waals surface area contributed by atoms with E-state index in [0.717, 1.165) is 12.0 Å². The molecule has 0 saturated carbocycles. The predicted molar refractivity (Wildman–Crippen MR) is 82.6 cm³/mol. The zero-order chi connectivity index (χ0) is 15.5. The number of nitrogens with zero attached hydrogens (tertiary/aromatic N) is 1. The van der Waals surface area contributed by atoms with Crippen molar-refractivity contribution in [3.63, 3.8) is 0 Å². The van der Waals surface area contributed by atoms with Gasteiger partial charge >= 0.3 is 0 Å². The fourth-order valence-corrected chi connectivity index (χ4v) is 3.47. The second-order valence-corrected chi connectivity index (χ2v) is 7.54. The Morgan fingerprint density at radius 1 is 1.14 bits per heavy atom. The average molecular weight is 307 g/mol. The summed E-state index contributed by atoms with van der Waals surface area (Å²) in [6, 6.07) is 6.88. The average Bonchev–Trinajstić information content (AvgIpc) is 2.46. The van der Waals surface area contributed by atoms with Gasteiger partial charge in [0.25, 0.3) is 0 Å². The van der Waals surface area contributed by atoms with Crippen LogP contribution in [0.15, 0.2) is 40.8 Å². The van der Waals surface area contributed by atoms with Crippen LogP contribution in [0.25, 0.3) is 0 Å². The summed E-state index contributed by atoms with van der Waals surface area (Å²) in [7, 11) is -1.83. The Morgan fingerprint density at radius 2 is 1.81 bits per heavy atom. The third-order valence-electron chi connectivity index (χ3n) is 3.82. The number of sulfonamides is 1. The Balaban J connectivity index is 2.00. The van der Waals surface area contributed by atoms with Crippen molar-refractivity contribution in [2.24, 2.45) is 0 Å². The number of rotatable bonds is 5. The summed E-state index contributed by atoms with van der Waals surface area (Å²) in [6.45, 7) is 2.37. The van der Waals surface area contributed by atoms with Gasteiger partial charge in [-0.25, -0.2) is 12.7 Å². The van der Waals surface area contributed by atoms with E-state index in [0.29, 0.717) is 30.7 Å². The van der Waals surface area contributed by atoms with Crippen LogP contribution in [0.1, 0.15) is 31.2 Å². The van der Waals surface area contributed by atoms with Crippen LogP contribution in [0.3, 0.4) is 0 Å². The van der Waals surface area contributed by atoms with Gasteiger partial charge in [0.1, 0.15) is 5.78 Å². The number of carbonyl (C=O) groups is 1. The Morgan fingerprint density at radius 3 is 2.38 bits per heavy atom. The first-order chi connectivity index (χ1) is 9.89. The Kier molecular flexibility index (Phi) is 4.96. The molecule has 114 valence electrons. The molecule has 5 heteroatoms. The van der Waals surface area contributed by atoms with Crippen LogP contribution in [0.4, 0.5) is 0 Å². The minimum Gasteiger partial charge on any atom is -0.299 e. The molecule has 0 spiro atoms. The van der Waals surface area contributed by atoms with Crippen molar-refractivity contribution in [2.75, 3.05) is 13.6 Å². The number of aryl methyl sites for hydroxylation is 1. The van der Waals surface area contributed by atoms with E-state index < -0.39 is 10.0 Å². The Hall–Kier alpha value is -1.46. The Bertz CT molecular complexity index is 645. The van der Waals surface area contributed by atoms with E-state index in [1.54, 1.807) is 31.3 Å². The minimum atomic E-state index is -3.43. The second-order valence-electron chi connectivity index (χ2n) is 5.49. The molecule has 0 unspecified atom stereocenters. The van der Waals surface area contributed by atoms with Crippen LogP contribution in [0.2, 0.25) is 0 Å². The van der Waals surface area contributed by atoms with Gasteiger partial charge in [0, 0.05) is 26.4 Å². The van der Waals surface area contributed by atoms with Gasteiger partial charge in [-0.15, -0.1) is 0 Å². The van der Waals surface area contributed by atoms with Gasteiger partial charge < -0.3 is 0 Å². The molecule has 0 atom stereocenters. The molecule has 21 heavy (non-hydrogen) atoms. The van der Waals surface area contributed by atoms with Gasteiger partial charge in [0.15, 0.2) is 0 Å². The summed E-state index contributed by atoms with van der Waals surface area (Å²) < 4.78 is 26.2. The van der Waals surface area contributed by atoms with E-state index in [9.17, 15) is 13.2 Å². The fraction of sp³-hybridized carbons (Fsp3) is 0.438. The van der Waals surface area contributed by atoms with E-state index in [2.05, 4.69) is 0 Å². The molecule has 1 aliphatic rings. The van der Waals surface area contributed by atoms with Gasteiger partial charge in [0.05, 0.1) is 4.90 Å². The van der Waals surface area contributed by atoms with Crippen LogP contribution in [0.5, 0.6) is 0 Å². The summed E-state index contributed by atoms with van der Waals surface area (Å²) in [5.41, 5.74) is 2.22. The van der Waals surface area contributed by atoms with E-state index in [4.69, 9.17) is 0 Å². The van der Waals surface area contributed by atoms with Crippen LogP contribution in [0, 0.1) is 6.92 Å². The molecular weight excluding hydrogens is 286 g/mol. The zero-order valence-electron chi connectivity index (χ0n) is 12.5. The first-order valence-corrected chi connectivity index (χ1v) is 8.56. The molecule has 0 radical (unpaired) electrons. The predicted octanol–water partition coefficient (Wildman–Crippen LogP) is 2.69. The molecule has 0 heterocycles. The van der Waals surface area contributed by atoms with Crippen molar-refractivity contribution >= 4 is 15.8 Å². The summed E-state index contributed by atoms with van der Waals surface area (Å²) in [4.78, 5) is 11.5. The monoisotopic (exact) mass is 307 g/mol. The molecule has 1 aromatic rings. The highest BCUT2D eigenvalue weighted by atomic mass is 32.2. The molecule has 1 aromatic carbocycles. The topological polar surface area (TPSA) is 54.5 Å². The third kappa shape index (κ3) is 4.02. The maximum atomic E-state index is 12.4. The molecule has 0 aliphatic heterocycles. The van der Waals surface area contributed by atoms with Crippen molar-refractivity contribution in [3.05, 3.63) is 41.5 Å². The first kappa shape index (κ1) is 15.9. The quantitative estimate of drug-likeness (QED) is 0.786. The summed E-state index contributed by atoms with van der Waals surface area (Å²) in [6.07, 6.45) is 4.47. The van der Waals surface area contributed by atoms with E-state index in [1.807, 2.05) is 13.0 Å². The highest BCUT2D eigenvalue weighted by Gasteiger charge is 2.21. The second kappa shape index (κ2) is 6.54. The highest BCUT2D eigenvalue weighted by molar-refractivity contribution is 7.89. The van der Waals surface area contributed by atoms with Crippen molar-refractivity contribution in [3.8, 4) is 0 Å². The molecule has 2 rings (SSSR count). The number of benzene rings is 1. The lowest BCUT2D eigenvalue weighted by Gasteiger charge is -2.19. The van der Waals surface area contributed by atoms with Gasteiger partial charge in [0.2, 0.25) is 10.0 Å². The molecule has 0 fully saturated rings. The maximum Gasteiger partial charge on any atom is 0.242 e. The van der Waals surface area contributed by atoms with E-state index >= 15 is 0 Å². The van der Waals surface area contributed by atoms with E-state index in [1.165, 1.54) is 9.88 Å². The standard InChI is InChI=1S/C16H21NO3S/c1-13-3-9-16(10-4-13)21(19,20)17(2)12-11-14-5-7-15(18)8-6-14/h3-5,9-10H,6-8,11-12H2,1-2H3. The molecule has 0 bridgehead atoms. The summed E-state index contributed by atoms with van der Waals surface area (Å²) >= 11 is 0. The van der Waals surface area contributed by atoms with Gasteiger partial charge in [-0.1, -0.05) is 29.3 Å². The Labute approximate surface area is 126 Å². The van der Waals surface area contributed by atoms with Crippen molar-refractivity contribution in [2.45, 2.75) is 37.5 Å². The number of Topliss-reactive ketones (excluding diaryl/α,β-unsaturated/α-hetero) is 1. The fourth-order valence-electron chi connectivity index (χ4n) is 2.30. The van der Waals surface area contributed by atoms with Crippen molar-refractivity contribution < 1.29 is 13.2 Å². The normalized spacial score (nSPS) is 16.1. The molecule has 4 nitrogen and oxygen atoms in total. The molecule has 0 saturated heterocycles. The molecule has 1 aliphatic carbocycles.